The second kappa shape index (κ2) is 10.2. The van der Waals surface area contributed by atoms with Gasteiger partial charge in [0.25, 0.3) is 5.91 Å². The van der Waals surface area contributed by atoms with E-state index in [9.17, 15) is 9.59 Å². The van der Waals surface area contributed by atoms with Gasteiger partial charge < -0.3 is 5.32 Å². The Labute approximate surface area is 182 Å². The molecule has 7 heteroatoms. The highest BCUT2D eigenvalue weighted by atomic mass is 32.1. The average Bonchev–Trinajstić information content (AvgIpc) is 3.22. The minimum atomic E-state index is -0.206. The molecule has 6 nitrogen and oxygen atoms in total. The van der Waals surface area contributed by atoms with Crippen LogP contribution < -0.4 is 10.6 Å². The molecule has 160 valence electrons. The number of aromatic nitrogens is 1. The van der Waals surface area contributed by atoms with Gasteiger partial charge in [0.1, 0.15) is 0 Å². The van der Waals surface area contributed by atoms with Gasteiger partial charge in [-0.3, -0.25) is 19.8 Å². The van der Waals surface area contributed by atoms with Gasteiger partial charge in [-0.2, -0.15) is 0 Å². The Hall–Kier alpha value is -2.25. The number of hydrogen-bond donors (Lipinski definition) is 2. The fourth-order valence-electron chi connectivity index (χ4n) is 4.30. The molecular weight excluding hydrogens is 396 g/mol. The molecule has 2 heterocycles. The molecule has 30 heavy (non-hydrogen) atoms. The zero-order chi connectivity index (χ0) is 20.8. The number of nitrogens with one attached hydrogen (secondary N) is 2. The lowest BCUT2D eigenvalue weighted by Crippen LogP contribution is -2.29. The summed E-state index contributed by atoms with van der Waals surface area (Å²) in [6.07, 6.45) is 9.18. The smallest absolute Gasteiger partial charge is 0.257 e. The zero-order valence-corrected chi connectivity index (χ0v) is 18.2. The third-order valence-electron chi connectivity index (χ3n) is 5.97. The first-order valence-electron chi connectivity index (χ1n) is 11.1. The molecule has 2 aromatic rings. The van der Waals surface area contributed by atoms with Crippen molar-refractivity contribution in [3.8, 4) is 0 Å². The number of likely N-dealkylation sites (tertiary alicyclic amines) is 1. The third-order valence-corrected chi connectivity index (χ3v) is 6.78. The number of carbonyl (C=O) groups is 2. The van der Waals surface area contributed by atoms with Gasteiger partial charge in [0.2, 0.25) is 5.91 Å². The lowest BCUT2D eigenvalue weighted by Gasteiger charge is -2.25. The predicted octanol–water partition coefficient (Wildman–Crippen LogP) is 4.90. The number of rotatable bonds is 6. The molecule has 1 aromatic carbocycles. The molecular formula is C23H30N4O2S. The normalized spacial score (nSPS) is 18.1. The molecule has 0 atom stereocenters. The Morgan fingerprint density at radius 1 is 1.03 bits per heavy atom. The molecule has 2 amide bonds. The SMILES string of the molecule is O=C(Nc1nc(CN2CCCCC2)cs1)c1cccc(NC(=O)C2CCCCC2)c1. The second-order valence-electron chi connectivity index (χ2n) is 8.34. The summed E-state index contributed by atoms with van der Waals surface area (Å²) in [4.78, 5) is 32.2. The second-order valence-corrected chi connectivity index (χ2v) is 9.20. The molecule has 0 unspecified atom stereocenters. The summed E-state index contributed by atoms with van der Waals surface area (Å²) in [5.74, 6) is -0.0537. The largest absolute Gasteiger partial charge is 0.326 e. The highest BCUT2D eigenvalue weighted by molar-refractivity contribution is 7.14. The van der Waals surface area contributed by atoms with Crippen LogP contribution in [0.15, 0.2) is 29.6 Å². The van der Waals surface area contributed by atoms with E-state index in [1.54, 1.807) is 18.2 Å². The number of amides is 2. The summed E-state index contributed by atoms with van der Waals surface area (Å²) in [6.45, 7) is 3.09. The van der Waals surface area contributed by atoms with E-state index < -0.39 is 0 Å². The van der Waals surface area contributed by atoms with Crippen molar-refractivity contribution in [1.82, 2.24) is 9.88 Å². The maximum absolute atomic E-state index is 12.7. The van der Waals surface area contributed by atoms with Crippen molar-refractivity contribution in [1.29, 1.82) is 0 Å². The molecule has 1 aliphatic heterocycles. The Balaban J connectivity index is 1.33. The number of anilines is 2. The van der Waals surface area contributed by atoms with Gasteiger partial charge in [0.15, 0.2) is 5.13 Å². The first-order valence-corrected chi connectivity index (χ1v) is 11.9. The third kappa shape index (κ3) is 5.67. The van der Waals surface area contributed by atoms with Crippen LogP contribution in [0.5, 0.6) is 0 Å². The van der Waals surface area contributed by atoms with Gasteiger partial charge >= 0.3 is 0 Å². The van der Waals surface area contributed by atoms with E-state index in [4.69, 9.17) is 0 Å². The van der Waals surface area contributed by atoms with E-state index in [2.05, 4.69) is 20.5 Å². The van der Waals surface area contributed by atoms with Crippen LogP contribution in [0.4, 0.5) is 10.8 Å². The van der Waals surface area contributed by atoms with Crippen LogP contribution in [-0.2, 0) is 11.3 Å². The van der Waals surface area contributed by atoms with Gasteiger partial charge in [-0.25, -0.2) is 4.98 Å². The highest BCUT2D eigenvalue weighted by Crippen LogP contribution is 2.25. The summed E-state index contributed by atoms with van der Waals surface area (Å²) in [5, 5.41) is 8.51. The summed E-state index contributed by atoms with van der Waals surface area (Å²) >= 11 is 1.46. The van der Waals surface area contributed by atoms with E-state index in [0.29, 0.717) is 16.4 Å². The van der Waals surface area contributed by atoms with Crippen molar-refractivity contribution in [3.05, 3.63) is 40.9 Å². The van der Waals surface area contributed by atoms with Crippen LogP contribution >= 0.6 is 11.3 Å². The predicted molar refractivity (Wildman–Crippen MR) is 121 cm³/mol. The van der Waals surface area contributed by atoms with Crippen molar-refractivity contribution >= 4 is 34.0 Å². The molecule has 1 aromatic heterocycles. The molecule has 0 radical (unpaired) electrons. The molecule has 4 rings (SSSR count). The van der Waals surface area contributed by atoms with Crippen molar-refractivity contribution in [2.75, 3.05) is 23.7 Å². The number of carbonyl (C=O) groups excluding carboxylic acids is 2. The Morgan fingerprint density at radius 2 is 1.80 bits per heavy atom. The maximum Gasteiger partial charge on any atom is 0.257 e. The van der Waals surface area contributed by atoms with Crippen LogP contribution in [0.3, 0.4) is 0 Å². The topological polar surface area (TPSA) is 74.3 Å². The maximum atomic E-state index is 12.7. The van der Waals surface area contributed by atoms with Crippen LogP contribution in [0.1, 0.15) is 67.4 Å². The van der Waals surface area contributed by atoms with Gasteiger partial charge in [-0.15, -0.1) is 11.3 Å². The first kappa shape index (κ1) is 21.0. The van der Waals surface area contributed by atoms with Gasteiger partial charge in [-0.1, -0.05) is 31.7 Å². The quantitative estimate of drug-likeness (QED) is 0.689. The molecule has 0 spiro atoms. The fourth-order valence-corrected chi connectivity index (χ4v) is 5.00. The minimum absolute atomic E-state index is 0.0644. The molecule has 2 N–H and O–H groups in total. The van der Waals surface area contributed by atoms with Gasteiger partial charge in [0, 0.05) is 29.1 Å². The van der Waals surface area contributed by atoms with Crippen LogP contribution in [0.2, 0.25) is 0 Å². The molecule has 1 aliphatic carbocycles. The molecule has 2 fully saturated rings. The summed E-state index contributed by atoms with van der Waals surface area (Å²) in [6, 6.07) is 7.12. The van der Waals surface area contributed by atoms with E-state index in [-0.39, 0.29) is 17.7 Å². The van der Waals surface area contributed by atoms with E-state index in [1.807, 2.05) is 11.4 Å². The molecule has 0 bridgehead atoms. The van der Waals surface area contributed by atoms with Crippen LogP contribution in [0.25, 0.3) is 0 Å². The Kier molecular flexibility index (Phi) is 7.12. The van der Waals surface area contributed by atoms with Crippen molar-refractivity contribution in [3.63, 3.8) is 0 Å². The van der Waals surface area contributed by atoms with Gasteiger partial charge in [0.05, 0.1) is 5.69 Å². The molecule has 1 saturated carbocycles. The fraction of sp³-hybridized carbons (Fsp3) is 0.522. The highest BCUT2D eigenvalue weighted by Gasteiger charge is 2.21. The van der Waals surface area contributed by atoms with Crippen molar-refractivity contribution in [2.24, 2.45) is 5.92 Å². The lowest BCUT2D eigenvalue weighted by atomic mass is 9.88. The average molecular weight is 427 g/mol. The minimum Gasteiger partial charge on any atom is -0.326 e. The zero-order valence-electron chi connectivity index (χ0n) is 17.4. The summed E-state index contributed by atoms with van der Waals surface area (Å²) in [7, 11) is 0. The van der Waals surface area contributed by atoms with E-state index >= 15 is 0 Å². The van der Waals surface area contributed by atoms with Crippen molar-refractivity contribution < 1.29 is 9.59 Å². The standard InChI is InChI=1S/C23H30N4O2S/c28-21(17-8-3-1-4-9-17)24-19-11-7-10-18(14-19)22(29)26-23-25-20(16-30-23)15-27-12-5-2-6-13-27/h7,10-11,14,16-17H,1-6,8-9,12-13,15H2,(H,24,28)(H,25,26,29). The number of hydrogen-bond acceptors (Lipinski definition) is 5. The summed E-state index contributed by atoms with van der Waals surface area (Å²) < 4.78 is 0. The first-order chi connectivity index (χ1) is 14.7. The van der Waals surface area contributed by atoms with E-state index in [1.165, 1.54) is 37.0 Å². The van der Waals surface area contributed by atoms with Crippen LogP contribution in [0, 0.1) is 5.92 Å². The monoisotopic (exact) mass is 426 g/mol. The molecule has 2 aliphatic rings. The van der Waals surface area contributed by atoms with E-state index in [0.717, 1.165) is 51.0 Å². The number of benzene rings is 1. The Bertz CT molecular complexity index is 870. The lowest BCUT2D eigenvalue weighted by molar-refractivity contribution is -0.120. The number of piperidine rings is 1. The Morgan fingerprint density at radius 3 is 2.60 bits per heavy atom. The number of thiazole rings is 1. The summed E-state index contributed by atoms with van der Waals surface area (Å²) in [5.41, 5.74) is 2.19. The number of nitrogens with zero attached hydrogens (tertiary/aromatic N) is 2. The van der Waals surface area contributed by atoms with Gasteiger partial charge in [-0.05, 0) is 57.0 Å². The molecule has 1 saturated heterocycles. The van der Waals surface area contributed by atoms with Crippen LogP contribution in [-0.4, -0.2) is 34.8 Å². The van der Waals surface area contributed by atoms with Crippen molar-refractivity contribution in [2.45, 2.75) is 57.9 Å².